The molecular weight excluding hydrogens is 496 g/mol. The molecule has 0 aliphatic heterocycles. The van der Waals surface area contributed by atoms with Crippen molar-refractivity contribution in [1.29, 1.82) is 0 Å². The van der Waals surface area contributed by atoms with Crippen molar-refractivity contribution < 1.29 is 26.3 Å². The molecule has 0 saturated heterocycles. The molecule has 0 unspecified atom stereocenters. The first-order valence-corrected chi connectivity index (χ1v) is 12.8. The number of para-hydroxylation sites is 1. The van der Waals surface area contributed by atoms with Gasteiger partial charge < -0.3 is 4.42 Å². The lowest BCUT2D eigenvalue weighted by molar-refractivity contribution is 0.674. The van der Waals surface area contributed by atoms with Gasteiger partial charge in [-0.2, -0.15) is 0 Å². The highest BCUT2D eigenvalue weighted by atomic mass is 16.3. The number of benzene rings is 8. The first-order valence-electron chi connectivity index (χ1n) is 20.8. The van der Waals surface area contributed by atoms with Crippen LogP contribution in [-0.2, 0) is 0 Å². The zero-order valence-corrected chi connectivity index (χ0v) is 21.0. The third-order valence-electron chi connectivity index (χ3n) is 7.52. The molecule has 0 fully saturated rings. The molecule has 8 aromatic carbocycles. The number of fused-ring (bicyclic) bond motifs is 10. The Morgan fingerprint density at radius 1 is 0.390 bits per heavy atom. The minimum atomic E-state index is -0.628. The van der Waals surface area contributed by atoms with Crippen LogP contribution in [-0.4, -0.2) is 0 Å². The number of rotatable bonds is 2. The van der Waals surface area contributed by atoms with Crippen LogP contribution >= 0.6 is 0 Å². The van der Waals surface area contributed by atoms with Gasteiger partial charge in [-0.3, -0.25) is 0 Å². The van der Waals surface area contributed by atoms with Crippen molar-refractivity contribution in [2.75, 3.05) is 0 Å². The van der Waals surface area contributed by atoms with Gasteiger partial charge in [0.15, 0.2) is 0 Å². The summed E-state index contributed by atoms with van der Waals surface area (Å²) in [6.07, 6.45) is 0. The molecule has 1 aromatic heterocycles. The second kappa shape index (κ2) is 8.55. The van der Waals surface area contributed by atoms with Crippen LogP contribution in [0.5, 0.6) is 0 Å². The fourth-order valence-electron chi connectivity index (χ4n) is 5.89. The fourth-order valence-corrected chi connectivity index (χ4v) is 5.89. The lowest BCUT2D eigenvalue weighted by Crippen LogP contribution is -1.90. The summed E-state index contributed by atoms with van der Waals surface area (Å²) in [7, 11) is 0. The van der Waals surface area contributed by atoms with E-state index in [0.717, 1.165) is 0 Å². The quantitative estimate of drug-likeness (QED) is 0.158. The first kappa shape index (κ1) is 12.0. The Morgan fingerprint density at radius 2 is 0.902 bits per heavy atom. The van der Waals surface area contributed by atoms with E-state index in [9.17, 15) is 5.48 Å². The smallest absolute Gasteiger partial charge is 0.143 e. The van der Waals surface area contributed by atoms with Gasteiger partial charge in [0.25, 0.3) is 0 Å². The van der Waals surface area contributed by atoms with Crippen molar-refractivity contribution in [2.24, 2.45) is 0 Å². The summed E-state index contributed by atoms with van der Waals surface area (Å²) >= 11 is 0. The molecule has 1 heteroatoms. The standard InChI is InChI=1S/C40H24O/c1-2-13-25(14-3-1)36-29-18-7-9-20-31(29)37(32-21-10-8-19-30(32)36)34-23-12-24-35-38-28-17-6-4-15-26(28)27-16-5-11-22-33(27)40(38)41-39(34)35/h1-24H/i4D,5D,6D,7D,8D,9D,10D,11D,15D,16D,17D,18D,19D,20D,21D,22D. The Hall–Kier alpha value is -5.40. The zero-order valence-electron chi connectivity index (χ0n) is 37.0. The Morgan fingerprint density at radius 3 is 1.54 bits per heavy atom. The molecular formula is C40H24O. The summed E-state index contributed by atoms with van der Waals surface area (Å²) in [5.74, 6) is 0. The fraction of sp³-hybridized carbons (Fsp3) is 0. The Kier molecular flexibility index (Phi) is 2.50. The average molecular weight is 537 g/mol. The van der Waals surface area contributed by atoms with Crippen molar-refractivity contribution in [2.45, 2.75) is 0 Å². The Balaban J connectivity index is 1.63. The van der Waals surface area contributed by atoms with Gasteiger partial charge in [0.2, 0.25) is 0 Å². The van der Waals surface area contributed by atoms with Crippen molar-refractivity contribution >= 4 is 65.0 Å². The molecule has 0 aliphatic rings. The average Bonchev–Trinajstić information content (AvgIpc) is 3.61. The lowest BCUT2D eigenvalue weighted by Gasteiger charge is -2.17. The van der Waals surface area contributed by atoms with Crippen molar-refractivity contribution in [1.82, 2.24) is 0 Å². The Bertz CT molecular complexity index is 3270. The van der Waals surface area contributed by atoms with E-state index in [1.54, 1.807) is 48.5 Å². The SMILES string of the molecule is [2H]c1c([2H])c([2H])c2c(-c3cccc4c3oc3c5c([2H])c([2H])c([2H])c([2H])c5c5c([2H])c([2H])c([2H])c([2H])c5c43)c3c([2H])c([2H])c([2H])c([2H])c3c(-c3ccccc3)c2c1[2H]. The molecule has 41 heavy (non-hydrogen) atoms. The largest absolute Gasteiger partial charge is 0.455 e. The third kappa shape index (κ3) is 3.12. The minimum absolute atomic E-state index is 0.0213. The molecule has 0 amide bonds. The van der Waals surface area contributed by atoms with E-state index < -0.39 is 96.7 Å². The third-order valence-corrected chi connectivity index (χ3v) is 7.52. The van der Waals surface area contributed by atoms with Crippen LogP contribution in [0.2, 0.25) is 0 Å². The van der Waals surface area contributed by atoms with Gasteiger partial charge in [-0.1, -0.05) is 145 Å². The summed E-state index contributed by atoms with van der Waals surface area (Å²) in [6.45, 7) is 0. The molecule has 0 N–H and O–H groups in total. The van der Waals surface area contributed by atoms with E-state index in [1.807, 2.05) is 0 Å². The highest BCUT2D eigenvalue weighted by Crippen LogP contribution is 2.48. The molecule has 0 bridgehead atoms. The predicted molar refractivity (Wildman–Crippen MR) is 175 cm³/mol. The van der Waals surface area contributed by atoms with E-state index in [-0.39, 0.29) is 81.7 Å². The normalized spacial score (nSPS) is 17.4. The molecule has 9 aromatic rings. The minimum Gasteiger partial charge on any atom is -0.455 e. The van der Waals surface area contributed by atoms with Gasteiger partial charge >= 0.3 is 0 Å². The van der Waals surface area contributed by atoms with Crippen molar-refractivity contribution in [3.05, 3.63) is 145 Å². The number of furan rings is 1. The second-order valence-corrected chi connectivity index (χ2v) is 9.60. The summed E-state index contributed by atoms with van der Waals surface area (Å²) in [4.78, 5) is 0. The molecule has 0 atom stereocenters. The monoisotopic (exact) mass is 536 g/mol. The highest BCUT2D eigenvalue weighted by molar-refractivity contribution is 6.32. The molecule has 1 heterocycles. The number of hydrogen-bond donors (Lipinski definition) is 0. The summed E-state index contributed by atoms with van der Waals surface area (Å²) in [5, 5.41) is -0.494. The molecule has 0 aliphatic carbocycles. The van der Waals surface area contributed by atoms with Crippen LogP contribution in [0.15, 0.2) is 150 Å². The van der Waals surface area contributed by atoms with Gasteiger partial charge in [0, 0.05) is 27.3 Å². The Labute approximate surface area is 259 Å². The molecule has 9 rings (SSSR count). The van der Waals surface area contributed by atoms with Gasteiger partial charge in [0.1, 0.15) is 11.2 Å². The van der Waals surface area contributed by atoms with Crippen LogP contribution in [0.1, 0.15) is 21.9 Å². The van der Waals surface area contributed by atoms with E-state index in [4.69, 9.17) is 20.9 Å². The molecule has 0 saturated carbocycles. The second-order valence-electron chi connectivity index (χ2n) is 9.60. The van der Waals surface area contributed by atoms with Crippen LogP contribution in [0, 0.1) is 0 Å². The molecule has 190 valence electrons. The predicted octanol–water partition coefficient (Wildman–Crippen LogP) is 11.5. The van der Waals surface area contributed by atoms with E-state index in [1.165, 1.54) is 0 Å². The summed E-state index contributed by atoms with van der Waals surface area (Å²) in [6, 6.07) is 4.35. The van der Waals surface area contributed by atoms with E-state index >= 15 is 0 Å². The van der Waals surface area contributed by atoms with Crippen LogP contribution < -0.4 is 0 Å². The summed E-state index contributed by atoms with van der Waals surface area (Å²) < 4.78 is 149. The van der Waals surface area contributed by atoms with E-state index in [0.29, 0.717) is 5.56 Å². The molecule has 0 radical (unpaired) electrons. The van der Waals surface area contributed by atoms with Gasteiger partial charge in [-0.25, -0.2) is 0 Å². The van der Waals surface area contributed by atoms with E-state index in [2.05, 4.69) is 0 Å². The maximum absolute atomic E-state index is 9.31. The van der Waals surface area contributed by atoms with Gasteiger partial charge in [-0.05, 0) is 48.8 Å². The topological polar surface area (TPSA) is 13.1 Å². The van der Waals surface area contributed by atoms with Gasteiger partial charge in [-0.15, -0.1) is 0 Å². The van der Waals surface area contributed by atoms with Crippen LogP contribution in [0.3, 0.4) is 0 Å². The highest BCUT2D eigenvalue weighted by Gasteiger charge is 2.21. The zero-order chi connectivity index (χ0) is 40.8. The van der Waals surface area contributed by atoms with Crippen molar-refractivity contribution in [3.63, 3.8) is 0 Å². The summed E-state index contributed by atoms with van der Waals surface area (Å²) in [5.41, 5.74) is 0.477. The maximum atomic E-state index is 9.31. The van der Waals surface area contributed by atoms with Gasteiger partial charge in [0.05, 0.1) is 21.9 Å². The molecule has 1 nitrogen and oxygen atoms in total. The van der Waals surface area contributed by atoms with Crippen molar-refractivity contribution in [3.8, 4) is 22.3 Å². The molecule has 0 spiro atoms. The maximum Gasteiger partial charge on any atom is 0.143 e. The number of hydrogen-bond acceptors (Lipinski definition) is 1. The van der Waals surface area contributed by atoms with Crippen LogP contribution in [0.25, 0.3) is 87.3 Å². The van der Waals surface area contributed by atoms with Crippen LogP contribution in [0.4, 0.5) is 0 Å². The lowest BCUT2D eigenvalue weighted by atomic mass is 9.85. The first-order chi connectivity index (χ1) is 27.0.